The minimum atomic E-state index is 1.15. The molecule has 0 aliphatic carbocycles. The molecule has 0 fully saturated rings. The number of hydrogen-bond donors (Lipinski definition) is 0. The number of rotatable bonds is 3. The molecule has 0 heteroatoms. The molecule has 0 atom stereocenters. The van der Waals surface area contributed by atoms with Crippen LogP contribution in [0.5, 0.6) is 0 Å². The van der Waals surface area contributed by atoms with Gasteiger partial charge in [-0.2, -0.15) is 0 Å². The van der Waals surface area contributed by atoms with E-state index < -0.39 is 0 Å². The van der Waals surface area contributed by atoms with Crippen molar-refractivity contribution < 1.29 is 0 Å². The summed E-state index contributed by atoms with van der Waals surface area (Å²) in [5.41, 5.74) is 0. The number of allylic oxidation sites excluding steroid dienone is 3. The van der Waals surface area contributed by atoms with Gasteiger partial charge in [0.25, 0.3) is 0 Å². The summed E-state index contributed by atoms with van der Waals surface area (Å²) < 4.78 is 0. The zero-order valence-electron chi connectivity index (χ0n) is 10.3. The van der Waals surface area contributed by atoms with Crippen LogP contribution in [0.4, 0.5) is 0 Å². The second kappa shape index (κ2) is 65.8. The largest absolute Gasteiger partial charge is 0.103 e. The molecule has 0 spiro atoms. The monoisotopic (exact) mass is 184 g/mol. The van der Waals surface area contributed by atoms with Crippen LogP contribution in [0, 0.1) is 0 Å². The van der Waals surface area contributed by atoms with Gasteiger partial charge in [0.2, 0.25) is 0 Å². The molecule has 0 saturated heterocycles. The Labute approximate surface area is 86.1 Å². The van der Waals surface area contributed by atoms with E-state index in [-0.39, 0.29) is 0 Å². The second-order valence-corrected chi connectivity index (χ2v) is 1.55. The molecule has 0 rings (SSSR count). The third-order valence-corrected chi connectivity index (χ3v) is 0.659. The molecule has 0 amide bonds. The van der Waals surface area contributed by atoms with Gasteiger partial charge in [0, 0.05) is 0 Å². The number of hydrogen-bond acceptors (Lipinski definition) is 0. The van der Waals surface area contributed by atoms with Crippen molar-refractivity contribution in [3.05, 3.63) is 38.0 Å². The topological polar surface area (TPSA) is 0 Å². The van der Waals surface area contributed by atoms with Crippen molar-refractivity contribution in [1.29, 1.82) is 0 Å². The first-order valence-electron chi connectivity index (χ1n) is 5.17. The van der Waals surface area contributed by atoms with Crippen molar-refractivity contribution in [1.82, 2.24) is 0 Å². The van der Waals surface area contributed by atoms with E-state index >= 15 is 0 Å². The van der Waals surface area contributed by atoms with E-state index in [4.69, 9.17) is 0 Å². The van der Waals surface area contributed by atoms with E-state index in [0.29, 0.717) is 0 Å². The van der Waals surface area contributed by atoms with Gasteiger partial charge >= 0.3 is 0 Å². The van der Waals surface area contributed by atoms with Gasteiger partial charge in [-0.05, 0) is 6.42 Å². The Kier molecular flexibility index (Phi) is 115. The fourth-order valence-electron chi connectivity index (χ4n) is 0.204. The molecule has 0 unspecified atom stereocenters. The summed E-state index contributed by atoms with van der Waals surface area (Å²) in [7, 11) is 0. The third-order valence-electron chi connectivity index (χ3n) is 0.659. The van der Waals surface area contributed by atoms with Crippen molar-refractivity contribution in [2.75, 3.05) is 0 Å². The van der Waals surface area contributed by atoms with Gasteiger partial charge < -0.3 is 0 Å². The third kappa shape index (κ3) is 194. The molecular formula is C13H28. The van der Waals surface area contributed by atoms with Crippen LogP contribution >= 0.6 is 0 Å². The first-order chi connectivity index (χ1) is 6.33. The first-order valence-corrected chi connectivity index (χ1v) is 5.17. The Morgan fingerprint density at radius 3 is 1.15 bits per heavy atom. The summed E-state index contributed by atoms with van der Waals surface area (Å²) in [5.74, 6) is 0. The van der Waals surface area contributed by atoms with Crippen LogP contribution < -0.4 is 0 Å². The maximum Gasteiger partial charge on any atom is -0.0356 e. The van der Waals surface area contributed by atoms with Crippen LogP contribution in [-0.4, -0.2) is 0 Å². The van der Waals surface area contributed by atoms with Gasteiger partial charge in [-0.15, -0.1) is 6.58 Å². The van der Waals surface area contributed by atoms with Crippen molar-refractivity contribution in [3.63, 3.8) is 0 Å². The van der Waals surface area contributed by atoms with Gasteiger partial charge in [-0.1, -0.05) is 72.4 Å². The Bertz CT molecular complexity index is 64.1. The molecule has 0 radical (unpaired) electrons. The molecule has 0 N–H and O–H groups in total. The Morgan fingerprint density at radius 2 is 1.15 bits per heavy atom. The number of unbranched alkanes of at least 4 members (excludes halogenated alkanes) is 1. The minimum absolute atomic E-state index is 1.15. The Hall–Kier alpha value is -0.780. The smallest absolute Gasteiger partial charge is 0.0356 e. The van der Waals surface area contributed by atoms with Crippen LogP contribution in [0.1, 0.15) is 47.5 Å². The summed E-state index contributed by atoms with van der Waals surface area (Å²) in [6.45, 7) is 20.4. The fourth-order valence-corrected chi connectivity index (χ4v) is 0.204. The SMILES string of the molecule is C=CC=C.C=CCCC.CC.CC. The lowest BCUT2D eigenvalue weighted by Gasteiger charge is -1.72. The van der Waals surface area contributed by atoms with E-state index in [1.807, 2.05) is 33.8 Å². The summed E-state index contributed by atoms with van der Waals surface area (Å²) in [4.78, 5) is 0. The lowest BCUT2D eigenvalue weighted by molar-refractivity contribution is 0.961. The first kappa shape index (κ1) is 22.8. The van der Waals surface area contributed by atoms with Crippen LogP contribution in [0.3, 0.4) is 0 Å². The quantitative estimate of drug-likeness (QED) is 0.408. The molecule has 13 heavy (non-hydrogen) atoms. The van der Waals surface area contributed by atoms with E-state index in [9.17, 15) is 0 Å². The summed E-state index contributed by atoms with van der Waals surface area (Å²) >= 11 is 0. The fraction of sp³-hybridized carbons (Fsp3) is 0.538. The highest BCUT2D eigenvalue weighted by Gasteiger charge is 1.61. The normalized spacial score (nSPS) is 5.31. The summed E-state index contributed by atoms with van der Waals surface area (Å²) in [5, 5.41) is 0. The van der Waals surface area contributed by atoms with Crippen molar-refractivity contribution in [2.45, 2.75) is 47.5 Å². The van der Waals surface area contributed by atoms with Crippen LogP contribution in [0.15, 0.2) is 38.0 Å². The maximum absolute atomic E-state index is 3.55. The average molecular weight is 184 g/mol. The predicted molar refractivity (Wildman–Crippen MR) is 68.2 cm³/mol. The maximum atomic E-state index is 3.55. The molecule has 0 aromatic rings. The van der Waals surface area contributed by atoms with Crippen LogP contribution in [0.2, 0.25) is 0 Å². The lowest BCUT2D eigenvalue weighted by atomic mass is 10.3. The summed E-state index contributed by atoms with van der Waals surface area (Å²) in [6.07, 6.45) is 7.59. The molecule has 0 aliphatic rings. The highest BCUT2D eigenvalue weighted by atomic mass is 13.7. The standard InChI is InChI=1S/C5H10.C4H6.2C2H6/c1-3-5-4-2;1-3-4-2;2*1-2/h3H,1,4-5H2,2H3;3-4H,1-2H2;2*1-2H3. The van der Waals surface area contributed by atoms with Gasteiger partial charge in [0.1, 0.15) is 0 Å². The van der Waals surface area contributed by atoms with E-state index in [2.05, 4.69) is 26.7 Å². The van der Waals surface area contributed by atoms with E-state index in [1.165, 1.54) is 6.42 Å². The van der Waals surface area contributed by atoms with E-state index in [0.717, 1.165) is 6.42 Å². The van der Waals surface area contributed by atoms with Gasteiger partial charge in [-0.3, -0.25) is 0 Å². The van der Waals surface area contributed by atoms with Gasteiger partial charge in [0.05, 0.1) is 0 Å². The second-order valence-electron chi connectivity index (χ2n) is 1.55. The zero-order valence-corrected chi connectivity index (χ0v) is 10.3. The van der Waals surface area contributed by atoms with E-state index in [1.54, 1.807) is 12.2 Å². The summed E-state index contributed by atoms with van der Waals surface area (Å²) in [6, 6.07) is 0. The highest BCUT2D eigenvalue weighted by molar-refractivity contribution is 4.88. The molecule has 0 heterocycles. The van der Waals surface area contributed by atoms with Gasteiger partial charge in [-0.25, -0.2) is 0 Å². The molecule has 0 aromatic heterocycles. The molecule has 0 bridgehead atoms. The minimum Gasteiger partial charge on any atom is -0.103 e. The molecule has 80 valence electrons. The predicted octanol–water partition coefficient (Wildman–Crippen LogP) is 5.38. The van der Waals surface area contributed by atoms with Crippen LogP contribution in [0.25, 0.3) is 0 Å². The van der Waals surface area contributed by atoms with Crippen molar-refractivity contribution >= 4 is 0 Å². The molecule has 0 nitrogen and oxygen atoms in total. The van der Waals surface area contributed by atoms with Crippen molar-refractivity contribution in [3.8, 4) is 0 Å². The van der Waals surface area contributed by atoms with Crippen molar-refractivity contribution in [2.24, 2.45) is 0 Å². The average Bonchev–Trinajstić information content (AvgIpc) is 2.25. The highest BCUT2D eigenvalue weighted by Crippen LogP contribution is 1.82. The molecular weight excluding hydrogens is 156 g/mol. The molecule has 0 aromatic carbocycles. The van der Waals surface area contributed by atoms with Crippen LogP contribution in [-0.2, 0) is 0 Å². The molecule has 0 aliphatic heterocycles. The molecule has 0 saturated carbocycles. The zero-order chi connectivity index (χ0) is 11.5. The van der Waals surface area contributed by atoms with Gasteiger partial charge in [0.15, 0.2) is 0 Å². The Morgan fingerprint density at radius 1 is 0.846 bits per heavy atom. The Balaban J connectivity index is -0.0000000457. The lowest BCUT2D eigenvalue weighted by Crippen LogP contribution is -1.52.